The van der Waals surface area contributed by atoms with Crippen molar-refractivity contribution in [2.75, 3.05) is 13.1 Å². The molecule has 0 bridgehead atoms. The number of hydrogen-bond donors (Lipinski definition) is 0. The summed E-state index contributed by atoms with van der Waals surface area (Å²) in [6, 6.07) is 5.01. The molecule has 0 saturated carbocycles. The quantitative estimate of drug-likeness (QED) is 0.732. The molecule has 4 heteroatoms. The van der Waals surface area contributed by atoms with Crippen LogP contribution in [-0.4, -0.2) is 23.9 Å². The maximum atomic E-state index is 12.0. The van der Waals surface area contributed by atoms with E-state index in [0.717, 1.165) is 5.56 Å². The lowest BCUT2D eigenvalue weighted by molar-refractivity contribution is 0.0773. The van der Waals surface area contributed by atoms with Gasteiger partial charge in [0.25, 0.3) is 5.91 Å². The lowest BCUT2D eigenvalue weighted by Gasteiger charge is -2.18. The molecular formula is C12H16N2O2. The molecule has 0 N–H and O–H groups in total. The van der Waals surface area contributed by atoms with Crippen LogP contribution in [0.4, 0.5) is 5.69 Å². The zero-order valence-corrected chi connectivity index (χ0v) is 9.86. The maximum absolute atomic E-state index is 12.0. The highest BCUT2D eigenvalue weighted by Gasteiger charge is 2.13. The van der Waals surface area contributed by atoms with Crippen molar-refractivity contribution in [1.29, 1.82) is 0 Å². The average Bonchev–Trinajstić information content (AvgIpc) is 2.31. The Morgan fingerprint density at radius 2 is 1.94 bits per heavy atom. The summed E-state index contributed by atoms with van der Waals surface area (Å²) in [5, 5.41) is 2.90. The molecule has 0 aromatic heterocycles. The first-order valence-electron chi connectivity index (χ1n) is 5.37. The Bertz CT molecular complexity index is 398. The van der Waals surface area contributed by atoms with Crippen molar-refractivity contribution >= 4 is 11.6 Å². The molecule has 1 rings (SSSR count). The lowest BCUT2D eigenvalue weighted by Crippen LogP contribution is -2.30. The Morgan fingerprint density at radius 1 is 1.31 bits per heavy atom. The second kappa shape index (κ2) is 5.39. The number of rotatable bonds is 4. The summed E-state index contributed by atoms with van der Waals surface area (Å²) < 4.78 is 0. The number of carbonyl (C=O) groups excluding carboxylic acids is 1. The summed E-state index contributed by atoms with van der Waals surface area (Å²) in [7, 11) is 0. The molecule has 86 valence electrons. The van der Waals surface area contributed by atoms with Crippen molar-refractivity contribution in [3.63, 3.8) is 0 Å². The minimum absolute atomic E-state index is 0.0603. The van der Waals surface area contributed by atoms with Crippen LogP contribution in [0.5, 0.6) is 0 Å². The van der Waals surface area contributed by atoms with Gasteiger partial charge >= 0.3 is 0 Å². The molecule has 0 heterocycles. The molecule has 0 fully saturated rings. The standard InChI is InChI=1S/C12H16N2O2/c1-4-14(5-2)12(15)10-7-6-9(3)11(8-10)13-16/h6-8H,4-5H2,1-3H3. The molecule has 0 saturated heterocycles. The molecule has 0 aliphatic heterocycles. The van der Waals surface area contributed by atoms with Gasteiger partial charge in [-0.05, 0) is 43.6 Å². The van der Waals surface area contributed by atoms with E-state index in [9.17, 15) is 9.70 Å². The first-order chi connectivity index (χ1) is 7.63. The smallest absolute Gasteiger partial charge is 0.253 e. The Kier molecular flexibility index (Phi) is 4.17. The molecule has 16 heavy (non-hydrogen) atoms. The van der Waals surface area contributed by atoms with Gasteiger partial charge in [0.2, 0.25) is 0 Å². The van der Waals surface area contributed by atoms with E-state index < -0.39 is 0 Å². The first-order valence-corrected chi connectivity index (χ1v) is 5.37. The minimum Gasteiger partial charge on any atom is -0.339 e. The Labute approximate surface area is 95.2 Å². The zero-order chi connectivity index (χ0) is 12.1. The molecule has 0 aliphatic carbocycles. The summed E-state index contributed by atoms with van der Waals surface area (Å²) in [6.07, 6.45) is 0. The van der Waals surface area contributed by atoms with E-state index in [1.54, 1.807) is 30.0 Å². The van der Waals surface area contributed by atoms with Gasteiger partial charge in [-0.1, -0.05) is 6.07 Å². The predicted octanol–water partition coefficient (Wildman–Crippen LogP) is 2.87. The number of hydrogen-bond acceptors (Lipinski definition) is 3. The molecule has 0 atom stereocenters. The van der Waals surface area contributed by atoms with Crippen molar-refractivity contribution in [3.8, 4) is 0 Å². The largest absolute Gasteiger partial charge is 0.339 e. The second-order valence-electron chi connectivity index (χ2n) is 3.57. The van der Waals surface area contributed by atoms with Gasteiger partial charge in [-0.3, -0.25) is 4.79 Å². The number of benzene rings is 1. The highest BCUT2D eigenvalue weighted by atomic mass is 16.3. The van der Waals surface area contributed by atoms with Gasteiger partial charge in [0, 0.05) is 18.7 Å². The van der Waals surface area contributed by atoms with Gasteiger partial charge in [0.15, 0.2) is 0 Å². The van der Waals surface area contributed by atoms with Crippen molar-refractivity contribution < 1.29 is 4.79 Å². The molecule has 1 aromatic carbocycles. The van der Waals surface area contributed by atoms with Crippen LogP contribution >= 0.6 is 0 Å². The molecule has 4 nitrogen and oxygen atoms in total. The molecule has 1 amide bonds. The maximum Gasteiger partial charge on any atom is 0.253 e. The Balaban J connectivity index is 3.04. The van der Waals surface area contributed by atoms with E-state index in [0.29, 0.717) is 24.3 Å². The highest BCUT2D eigenvalue weighted by molar-refractivity contribution is 5.95. The monoisotopic (exact) mass is 220 g/mol. The molecule has 0 unspecified atom stereocenters. The van der Waals surface area contributed by atoms with Gasteiger partial charge in [-0.2, -0.15) is 0 Å². The van der Waals surface area contributed by atoms with E-state index in [-0.39, 0.29) is 5.91 Å². The van der Waals surface area contributed by atoms with Crippen molar-refractivity contribution in [1.82, 2.24) is 4.90 Å². The van der Waals surface area contributed by atoms with E-state index in [4.69, 9.17) is 0 Å². The molecular weight excluding hydrogens is 204 g/mol. The molecule has 1 aromatic rings. The summed E-state index contributed by atoms with van der Waals surface area (Å²) in [5.74, 6) is -0.0603. The summed E-state index contributed by atoms with van der Waals surface area (Å²) in [4.78, 5) is 24.2. The van der Waals surface area contributed by atoms with Crippen molar-refractivity contribution in [3.05, 3.63) is 34.2 Å². The van der Waals surface area contributed by atoms with Crippen LogP contribution in [0.15, 0.2) is 23.4 Å². The minimum atomic E-state index is -0.0603. The van der Waals surface area contributed by atoms with E-state index >= 15 is 0 Å². The van der Waals surface area contributed by atoms with Crippen molar-refractivity contribution in [2.45, 2.75) is 20.8 Å². The van der Waals surface area contributed by atoms with E-state index in [1.165, 1.54) is 0 Å². The van der Waals surface area contributed by atoms with Crippen LogP contribution in [0.3, 0.4) is 0 Å². The second-order valence-corrected chi connectivity index (χ2v) is 3.57. The molecule has 0 radical (unpaired) electrons. The third kappa shape index (κ3) is 2.45. The zero-order valence-electron chi connectivity index (χ0n) is 9.86. The predicted molar refractivity (Wildman–Crippen MR) is 63.9 cm³/mol. The SMILES string of the molecule is CCN(CC)C(=O)c1ccc(C)c(N=O)c1. The highest BCUT2D eigenvalue weighted by Crippen LogP contribution is 2.20. The molecule has 0 spiro atoms. The fourth-order valence-corrected chi connectivity index (χ4v) is 1.53. The van der Waals surface area contributed by atoms with Crippen LogP contribution in [0.2, 0.25) is 0 Å². The van der Waals surface area contributed by atoms with Gasteiger partial charge < -0.3 is 4.90 Å². The van der Waals surface area contributed by atoms with Crippen LogP contribution in [0, 0.1) is 11.8 Å². The number of carbonyl (C=O) groups is 1. The summed E-state index contributed by atoms with van der Waals surface area (Å²) in [6.45, 7) is 6.96. The first kappa shape index (κ1) is 12.4. The van der Waals surface area contributed by atoms with Crippen LogP contribution < -0.4 is 0 Å². The van der Waals surface area contributed by atoms with Gasteiger partial charge in [-0.15, -0.1) is 4.91 Å². The fraction of sp³-hybridized carbons (Fsp3) is 0.417. The molecule has 0 aliphatic rings. The lowest BCUT2D eigenvalue weighted by atomic mass is 10.1. The number of aryl methyl sites for hydroxylation is 1. The van der Waals surface area contributed by atoms with Gasteiger partial charge in [-0.25, -0.2) is 0 Å². The Morgan fingerprint density at radius 3 is 2.44 bits per heavy atom. The van der Waals surface area contributed by atoms with Crippen LogP contribution in [0.25, 0.3) is 0 Å². The number of nitrogens with zero attached hydrogens (tertiary/aromatic N) is 2. The normalized spacial score (nSPS) is 9.94. The number of amides is 1. The topological polar surface area (TPSA) is 49.7 Å². The average molecular weight is 220 g/mol. The third-order valence-electron chi connectivity index (χ3n) is 2.61. The fourth-order valence-electron chi connectivity index (χ4n) is 1.53. The Hall–Kier alpha value is -1.71. The number of nitroso groups, excluding NO2 is 1. The summed E-state index contributed by atoms with van der Waals surface area (Å²) in [5.41, 5.74) is 1.63. The van der Waals surface area contributed by atoms with E-state index in [1.807, 2.05) is 13.8 Å². The van der Waals surface area contributed by atoms with E-state index in [2.05, 4.69) is 5.18 Å². The van der Waals surface area contributed by atoms with Gasteiger partial charge in [0.1, 0.15) is 5.69 Å². The summed E-state index contributed by atoms with van der Waals surface area (Å²) >= 11 is 0. The van der Waals surface area contributed by atoms with Crippen molar-refractivity contribution in [2.24, 2.45) is 5.18 Å². The van der Waals surface area contributed by atoms with Crippen LogP contribution in [-0.2, 0) is 0 Å². The van der Waals surface area contributed by atoms with Crippen LogP contribution in [0.1, 0.15) is 29.8 Å². The van der Waals surface area contributed by atoms with Gasteiger partial charge in [0.05, 0.1) is 0 Å². The third-order valence-corrected chi connectivity index (χ3v) is 2.61.